The molecule has 0 saturated heterocycles. The number of fused-ring (bicyclic) bond motifs is 16. The molecule has 0 saturated carbocycles. The van der Waals surface area contributed by atoms with Crippen LogP contribution in [0.5, 0.6) is 0 Å². The molecule has 0 fully saturated rings. The molecule has 400 valence electrons. The van der Waals surface area contributed by atoms with Crippen molar-refractivity contribution in [3.05, 3.63) is 173 Å². The van der Waals surface area contributed by atoms with Crippen LogP contribution in [-0.4, -0.2) is 6.85 Å². The Balaban J connectivity index is 1.14. The van der Waals surface area contributed by atoms with Crippen molar-refractivity contribution in [3.63, 3.8) is 0 Å². The van der Waals surface area contributed by atoms with Crippen LogP contribution in [0.3, 0.4) is 0 Å². The van der Waals surface area contributed by atoms with Gasteiger partial charge in [0.25, 0.3) is 0 Å². The number of para-hydroxylation sites is 1. The minimum Gasteiger partial charge on any atom is -0.455 e. The summed E-state index contributed by atoms with van der Waals surface area (Å²) in [4.78, 5) is 5.52. The summed E-state index contributed by atoms with van der Waals surface area (Å²) in [5, 5.41) is 7.64. The smallest absolute Gasteiger partial charge is 0.334 e. The highest BCUT2D eigenvalue weighted by molar-refractivity contribution is 7.27. The maximum atomic E-state index is 7.40. The minimum atomic E-state index is -0.209. The summed E-state index contributed by atoms with van der Waals surface area (Å²) in [6.07, 6.45) is 4.69. The molecule has 0 bridgehead atoms. The van der Waals surface area contributed by atoms with E-state index in [2.05, 4.69) is 246 Å². The van der Waals surface area contributed by atoms with Crippen molar-refractivity contribution in [1.29, 1.82) is 0 Å². The van der Waals surface area contributed by atoms with Gasteiger partial charge in [-0.3, -0.25) is 0 Å². The van der Waals surface area contributed by atoms with Gasteiger partial charge in [0.2, 0.25) is 0 Å². The molecule has 11 aromatic rings. The largest absolute Gasteiger partial charge is 0.455 e. The van der Waals surface area contributed by atoms with E-state index in [-0.39, 0.29) is 39.3 Å². The average molecular weight is 1080 g/mol. The van der Waals surface area contributed by atoms with Crippen molar-refractivity contribution in [3.8, 4) is 22.3 Å². The van der Waals surface area contributed by atoms with Gasteiger partial charge in [-0.2, -0.15) is 0 Å². The summed E-state index contributed by atoms with van der Waals surface area (Å²) >= 11 is 4.00. The number of nitrogens with zero attached hydrogens (tertiary/aromatic N) is 2. The van der Waals surface area contributed by atoms with E-state index >= 15 is 0 Å². The molecular weight excluding hydrogens is 1010 g/mol. The van der Waals surface area contributed by atoms with Gasteiger partial charge in [-0.1, -0.05) is 176 Å². The fourth-order valence-corrected chi connectivity index (χ4v) is 17.4. The molecule has 6 heteroatoms. The molecule has 15 rings (SSSR count). The average Bonchev–Trinajstić information content (AvgIpc) is 3.58. The van der Waals surface area contributed by atoms with Crippen LogP contribution in [0.15, 0.2) is 144 Å². The Labute approximate surface area is 481 Å². The number of rotatable bonds is 3. The number of furan rings is 1. The highest BCUT2D eigenvalue weighted by Gasteiger charge is 2.50. The summed E-state index contributed by atoms with van der Waals surface area (Å²) in [6.45, 7) is 33.6. The number of hydrogen-bond acceptors (Lipinski definition) is 5. The van der Waals surface area contributed by atoms with E-state index in [4.69, 9.17) is 4.42 Å². The third-order valence-electron chi connectivity index (χ3n) is 19.9. The molecule has 2 aliphatic carbocycles. The summed E-state index contributed by atoms with van der Waals surface area (Å²) in [5.74, 6) is 0. The summed E-state index contributed by atoms with van der Waals surface area (Å²) in [5.41, 5.74) is 23.2. The van der Waals surface area contributed by atoms with Gasteiger partial charge in [0.15, 0.2) is 0 Å². The summed E-state index contributed by atoms with van der Waals surface area (Å²) in [6, 6.07) is 54.9. The molecule has 0 radical (unpaired) electrons. The summed E-state index contributed by atoms with van der Waals surface area (Å²) in [7, 11) is 0. The molecule has 4 aliphatic rings. The van der Waals surface area contributed by atoms with Crippen LogP contribution in [0.4, 0.5) is 27.8 Å². The van der Waals surface area contributed by atoms with Gasteiger partial charge in [-0.15, -0.1) is 22.7 Å². The van der Waals surface area contributed by atoms with E-state index in [1.165, 1.54) is 144 Å². The van der Waals surface area contributed by atoms with E-state index in [9.17, 15) is 0 Å². The van der Waals surface area contributed by atoms with Crippen molar-refractivity contribution in [1.82, 2.24) is 0 Å². The second kappa shape index (κ2) is 16.5. The first-order valence-electron chi connectivity index (χ1n) is 29.4. The van der Waals surface area contributed by atoms with Gasteiger partial charge in [-0.05, 0) is 174 Å². The first-order chi connectivity index (χ1) is 37.9. The fourth-order valence-electron chi connectivity index (χ4n) is 14.8. The predicted octanol–water partition coefficient (Wildman–Crippen LogP) is 20.8. The molecule has 2 aliphatic heterocycles. The molecule has 0 atom stereocenters. The Kier molecular flexibility index (Phi) is 10.4. The maximum absolute atomic E-state index is 7.40. The Morgan fingerprint density at radius 1 is 0.475 bits per heavy atom. The standard InChI is InChI=1S/C74H73BN2OS2/c1-69(2,3)43-24-27-45(28-25-43)77-65-48(30-29-47-50-37-53-55(40-60(50)79-67(47)65)73(11,12)34-32-71(53,7)8)62-64-58(39-51-46-22-18-19-23-59(46)78-66(51)62)76(57-31-26-44(70(4,5)6)36-49(57)42-20-16-15-17-21-42)68-63(75(64)77)52-38-54-56(41-61(52)80-68)74(13,14)35-33-72(54,9)10/h15-31,36-41H,32-35H2,1-14H3. The first-order valence-corrected chi connectivity index (χ1v) is 31.1. The second-order valence-electron chi connectivity index (χ2n) is 29.0. The van der Waals surface area contributed by atoms with Crippen molar-refractivity contribution >= 4 is 120 Å². The Morgan fingerprint density at radius 2 is 1.05 bits per heavy atom. The molecule has 0 N–H and O–H groups in total. The third kappa shape index (κ3) is 7.16. The fraction of sp³-hybridized carbons (Fsp3) is 0.324. The molecule has 3 aromatic heterocycles. The van der Waals surface area contributed by atoms with Crippen LogP contribution in [0.1, 0.15) is 156 Å². The van der Waals surface area contributed by atoms with Crippen LogP contribution in [0.25, 0.3) is 74.5 Å². The van der Waals surface area contributed by atoms with E-state index in [0.717, 1.165) is 28.4 Å². The monoisotopic (exact) mass is 1080 g/mol. The lowest BCUT2D eigenvalue weighted by Crippen LogP contribution is -2.61. The maximum Gasteiger partial charge on any atom is 0.334 e. The lowest BCUT2D eigenvalue weighted by molar-refractivity contribution is 0.332. The molecule has 8 aromatic carbocycles. The highest BCUT2D eigenvalue weighted by atomic mass is 32.1. The Bertz CT molecular complexity index is 4450. The van der Waals surface area contributed by atoms with Crippen molar-refractivity contribution < 1.29 is 4.42 Å². The zero-order chi connectivity index (χ0) is 55.5. The van der Waals surface area contributed by atoms with E-state index in [1.54, 1.807) is 0 Å². The molecule has 0 amide bonds. The zero-order valence-electron chi connectivity index (χ0n) is 49.3. The third-order valence-corrected chi connectivity index (χ3v) is 22.2. The van der Waals surface area contributed by atoms with Crippen molar-refractivity contribution in [2.45, 2.75) is 155 Å². The van der Waals surface area contributed by atoms with Crippen LogP contribution >= 0.6 is 22.7 Å². The lowest BCUT2D eigenvalue weighted by atomic mass is 9.43. The summed E-state index contributed by atoms with van der Waals surface area (Å²) < 4.78 is 11.5. The van der Waals surface area contributed by atoms with Gasteiger partial charge < -0.3 is 14.1 Å². The van der Waals surface area contributed by atoms with Crippen LogP contribution < -0.4 is 20.6 Å². The van der Waals surface area contributed by atoms with E-state index in [1.807, 2.05) is 22.7 Å². The van der Waals surface area contributed by atoms with Gasteiger partial charge in [0, 0.05) is 59.0 Å². The normalized spacial score (nSPS) is 17.8. The topological polar surface area (TPSA) is 19.6 Å². The number of thiophene rings is 2. The van der Waals surface area contributed by atoms with Crippen LogP contribution in [0, 0.1) is 0 Å². The highest BCUT2D eigenvalue weighted by Crippen LogP contribution is 2.59. The van der Waals surface area contributed by atoms with Gasteiger partial charge in [0.05, 0.1) is 21.1 Å². The molecule has 5 heterocycles. The Morgan fingerprint density at radius 3 is 1.69 bits per heavy atom. The SMILES string of the molecule is CC(C)(C)c1ccc(N2B3c4c(cc5c(oc6ccccc65)c4-c4ccc5c(sc6cc7c(cc65)C(C)(C)CCC7(C)C)c42)N(c2ccc(C(C)(C)C)cc2-c2ccccc2)c2sc4cc5c(cc4c23)C(C)(C)CCC5(C)C)cc1. The zero-order valence-corrected chi connectivity index (χ0v) is 50.9. The van der Waals surface area contributed by atoms with Gasteiger partial charge >= 0.3 is 6.85 Å². The Hall–Kier alpha value is -6.60. The number of benzene rings is 8. The molecular formula is C74H73BN2OS2. The predicted molar refractivity (Wildman–Crippen MR) is 349 cm³/mol. The van der Waals surface area contributed by atoms with Crippen molar-refractivity contribution in [2.24, 2.45) is 0 Å². The molecule has 80 heavy (non-hydrogen) atoms. The quantitative estimate of drug-likeness (QED) is 0.164. The van der Waals surface area contributed by atoms with Gasteiger partial charge in [0.1, 0.15) is 11.2 Å². The lowest BCUT2D eigenvalue weighted by Gasteiger charge is -2.45. The van der Waals surface area contributed by atoms with Crippen molar-refractivity contribution in [2.75, 3.05) is 9.71 Å². The van der Waals surface area contributed by atoms with E-state index in [0.29, 0.717) is 0 Å². The molecule has 0 spiro atoms. The first kappa shape index (κ1) is 50.4. The van der Waals surface area contributed by atoms with Crippen LogP contribution in [0.2, 0.25) is 0 Å². The molecule has 0 unspecified atom stereocenters. The minimum absolute atomic E-state index is 0.00878. The van der Waals surface area contributed by atoms with Gasteiger partial charge in [-0.25, -0.2) is 0 Å². The number of hydrogen-bond donors (Lipinski definition) is 0. The number of anilines is 5. The van der Waals surface area contributed by atoms with Crippen LogP contribution in [-0.2, 0) is 32.5 Å². The van der Waals surface area contributed by atoms with E-state index < -0.39 is 0 Å². The second-order valence-corrected chi connectivity index (χ2v) is 31.1. The molecule has 3 nitrogen and oxygen atoms in total.